The average molecular weight is 1090 g/mol. The summed E-state index contributed by atoms with van der Waals surface area (Å²) in [6.07, 6.45) is 21.1. The first-order chi connectivity index (χ1) is 31.5. The molecule has 2 unspecified atom stereocenters. The van der Waals surface area contributed by atoms with E-state index in [4.69, 9.17) is 42.6 Å². The Hall–Kier alpha value is -3.81. The van der Waals surface area contributed by atoms with Crippen LogP contribution >= 0.6 is 57.6 Å². The molecule has 0 radical (unpaired) electrons. The molecule has 2 N–H and O–H groups in total. The van der Waals surface area contributed by atoms with Crippen LogP contribution in [-0.4, -0.2) is 94.4 Å². The van der Waals surface area contributed by atoms with Crippen molar-refractivity contribution in [3.8, 4) is 0 Å². The molecule has 2 amide bonds. The number of alkyl carbamates (subject to hydrolysis) is 2. The number of nitrogens with zero attached hydrogens (tertiary/aromatic N) is 9. The monoisotopic (exact) mass is 1090 g/mol. The molecule has 2 aliphatic heterocycles. The number of fused-ring (bicyclic) bond motifs is 2. The SMILES string of the molecule is CC(C)(C)OC(=O)NC1(C)CCCC12CCN(c1ncc(I)c3nccn13)CC2.Cc1cc(Sc2cnc(N3CCC4(CCCC4(C)NC(=O)OC(C)(C)C)CC3)n3ccnc23)c(Cl)c(Cl)n1. The first kappa shape index (κ1) is 49.6. The number of aryl methyl sites for hydroxylation is 1. The van der Waals surface area contributed by atoms with Crippen molar-refractivity contribution in [3.05, 3.63) is 62.7 Å². The summed E-state index contributed by atoms with van der Waals surface area (Å²) in [5.74, 6) is 1.82. The van der Waals surface area contributed by atoms with Crippen LogP contribution in [0.3, 0.4) is 0 Å². The third-order valence-electron chi connectivity index (χ3n) is 14.5. The standard InChI is InChI=1S/C27H34Cl2N6O2S.C21H30IN5O2/c1-17-15-18(20(28)21(29)32-17)38-19-16-31-23(35-14-11-30-22(19)35)34-12-9-27(10-13-34)8-6-7-26(27,5)33-24(36)37-25(2,3)4;1-19(2,3)29-18(28)25-20(4)6-5-7-21(20)8-11-26(12-9-21)17-24-14-15(22)16-23-10-13-27(16)17/h11,14-16H,6-10,12-13H2,1-5H3,(H,33,36);10,13-14H,5-9,11-12H2,1-4H3,(H,25,28). The zero-order valence-electron chi connectivity index (χ0n) is 40.1. The van der Waals surface area contributed by atoms with Gasteiger partial charge in [-0.05, 0) is 153 Å². The summed E-state index contributed by atoms with van der Waals surface area (Å²) in [6.45, 7) is 21.2. The molecule has 362 valence electrons. The highest BCUT2D eigenvalue weighted by Crippen LogP contribution is 2.55. The van der Waals surface area contributed by atoms with Gasteiger partial charge >= 0.3 is 12.2 Å². The number of pyridine rings is 1. The number of imidazole rings is 2. The molecular formula is C48H64Cl2IN11O4S. The van der Waals surface area contributed by atoms with Gasteiger partial charge in [0.25, 0.3) is 0 Å². The second-order valence-corrected chi connectivity index (χ2v) is 24.2. The number of anilines is 2. The highest BCUT2D eigenvalue weighted by molar-refractivity contribution is 14.1. The number of aromatic nitrogens is 7. The topological polar surface area (TPSA) is 156 Å². The van der Waals surface area contributed by atoms with Gasteiger partial charge in [-0.1, -0.05) is 47.8 Å². The number of hydrogen-bond acceptors (Lipinski definition) is 12. The number of hydrogen-bond donors (Lipinski definition) is 2. The fourth-order valence-electron chi connectivity index (χ4n) is 11.0. The predicted octanol–water partition coefficient (Wildman–Crippen LogP) is 11.3. The molecule has 4 aliphatic rings. The van der Waals surface area contributed by atoms with Gasteiger partial charge in [0.15, 0.2) is 11.3 Å². The third-order valence-corrected chi connectivity index (χ3v) is 17.2. The molecule has 0 bridgehead atoms. The molecule has 19 heteroatoms. The second kappa shape index (κ2) is 18.8. The van der Waals surface area contributed by atoms with Crippen LogP contribution in [0.5, 0.6) is 0 Å². The van der Waals surface area contributed by atoms with Crippen molar-refractivity contribution in [3.63, 3.8) is 0 Å². The molecule has 5 aromatic heterocycles. The van der Waals surface area contributed by atoms with Gasteiger partial charge < -0.3 is 29.9 Å². The molecule has 2 aliphatic carbocycles. The number of nitrogens with one attached hydrogen (secondary N) is 2. The summed E-state index contributed by atoms with van der Waals surface area (Å²) >= 11 is 16.4. The van der Waals surface area contributed by atoms with Crippen molar-refractivity contribution in [2.75, 3.05) is 36.0 Å². The Balaban J connectivity index is 0.000000188. The van der Waals surface area contributed by atoms with Crippen LogP contribution < -0.4 is 20.4 Å². The lowest BCUT2D eigenvalue weighted by Gasteiger charge is -2.49. The molecule has 5 aromatic rings. The van der Waals surface area contributed by atoms with Crippen molar-refractivity contribution >= 4 is 92.9 Å². The number of carbonyl (C=O) groups excluding carboxylic acids is 2. The number of amides is 2. The quantitative estimate of drug-likeness (QED) is 0.123. The fourth-order valence-corrected chi connectivity index (χ4v) is 13.1. The lowest BCUT2D eigenvalue weighted by atomic mass is 9.66. The first-order valence-electron chi connectivity index (χ1n) is 23.3. The average Bonchev–Trinajstić information content (AvgIpc) is 4.04. The molecule has 2 spiro atoms. The number of ether oxygens (including phenoxy) is 2. The molecule has 2 saturated heterocycles. The van der Waals surface area contributed by atoms with Crippen LogP contribution in [-0.2, 0) is 9.47 Å². The highest BCUT2D eigenvalue weighted by atomic mass is 127. The van der Waals surface area contributed by atoms with E-state index in [1.54, 1.807) is 6.20 Å². The summed E-state index contributed by atoms with van der Waals surface area (Å²) in [5.41, 5.74) is 1.20. The molecule has 4 fully saturated rings. The van der Waals surface area contributed by atoms with E-state index < -0.39 is 11.2 Å². The van der Waals surface area contributed by atoms with E-state index in [9.17, 15) is 9.59 Å². The third kappa shape index (κ3) is 10.3. The van der Waals surface area contributed by atoms with Crippen molar-refractivity contribution in [1.29, 1.82) is 0 Å². The first-order valence-corrected chi connectivity index (χ1v) is 26.0. The summed E-state index contributed by atoms with van der Waals surface area (Å²) in [7, 11) is 0. The molecular weight excluding hydrogens is 1020 g/mol. The van der Waals surface area contributed by atoms with E-state index in [0.29, 0.717) is 10.2 Å². The number of rotatable bonds is 6. The van der Waals surface area contributed by atoms with Crippen molar-refractivity contribution in [2.45, 2.75) is 159 Å². The summed E-state index contributed by atoms with van der Waals surface area (Å²) in [4.78, 5) is 54.4. The Morgan fingerprint density at radius 1 is 0.687 bits per heavy atom. The van der Waals surface area contributed by atoms with Crippen LogP contribution in [0.1, 0.15) is 125 Å². The Morgan fingerprint density at radius 2 is 1.15 bits per heavy atom. The minimum absolute atomic E-state index is 0.0411. The van der Waals surface area contributed by atoms with Crippen LogP contribution in [0.15, 0.2) is 53.0 Å². The normalized spacial score (nSPS) is 22.6. The summed E-state index contributed by atoms with van der Waals surface area (Å²) in [5, 5.41) is 7.23. The van der Waals surface area contributed by atoms with Crippen molar-refractivity contribution in [1.82, 2.24) is 44.4 Å². The van der Waals surface area contributed by atoms with Gasteiger partial charge in [-0.2, -0.15) is 0 Å². The summed E-state index contributed by atoms with van der Waals surface area (Å²) < 4.78 is 16.3. The van der Waals surface area contributed by atoms with Gasteiger partial charge in [0.1, 0.15) is 16.4 Å². The van der Waals surface area contributed by atoms with Crippen LogP contribution in [0, 0.1) is 21.3 Å². The molecule has 2 atom stereocenters. The van der Waals surface area contributed by atoms with E-state index in [2.05, 4.69) is 76.2 Å². The van der Waals surface area contributed by atoms with Crippen LogP contribution in [0.2, 0.25) is 10.2 Å². The zero-order chi connectivity index (χ0) is 48.2. The molecule has 15 nitrogen and oxygen atoms in total. The van der Waals surface area contributed by atoms with E-state index in [1.165, 1.54) is 11.8 Å². The fraction of sp³-hybridized carbons (Fsp3) is 0.604. The maximum atomic E-state index is 12.7. The van der Waals surface area contributed by atoms with Crippen molar-refractivity contribution in [2.24, 2.45) is 10.8 Å². The Bertz CT molecular complexity index is 2630. The maximum absolute atomic E-state index is 12.7. The molecule has 0 aromatic carbocycles. The summed E-state index contributed by atoms with van der Waals surface area (Å²) in [6, 6.07) is 1.92. The van der Waals surface area contributed by atoms with Gasteiger partial charge in [-0.15, -0.1) is 0 Å². The van der Waals surface area contributed by atoms with E-state index in [-0.39, 0.29) is 34.1 Å². The predicted molar refractivity (Wildman–Crippen MR) is 273 cm³/mol. The zero-order valence-corrected chi connectivity index (χ0v) is 44.6. The second-order valence-electron chi connectivity index (χ2n) is 21.2. The number of halogens is 3. The van der Waals surface area contributed by atoms with Gasteiger partial charge in [0, 0.05) is 85.0 Å². The van der Waals surface area contributed by atoms with E-state index in [0.717, 1.165) is 133 Å². The van der Waals surface area contributed by atoms with Crippen LogP contribution in [0.4, 0.5) is 21.5 Å². The van der Waals surface area contributed by atoms with E-state index in [1.807, 2.05) is 89.9 Å². The largest absolute Gasteiger partial charge is 0.444 e. The van der Waals surface area contributed by atoms with Gasteiger partial charge in [-0.25, -0.2) is 34.5 Å². The lowest BCUT2D eigenvalue weighted by molar-refractivity contribution is 0.0290. The number of piperidine rings is 2. The van der Waals surface area contributed by atoms with Gasteiger partial charge in [0.2, 0.25) is 11.9 Å². The maximum Gasteiger partial charge on any atom is 0.408 e. The lowest BCUT2D eigenvalue weighted by Crippen LogP contribution is -2.59. The van der Waals surface area contributed by atoms with E-state index >= 15 is 0 Å². The molecule has 7 heterocycles. The van der Waals surface area contributed by atoms with Crippen LogP contribution in [0.25, 0.3) is 11.3 Å². The smallest absolute Gasteiger partial charge is 0.408 e. The highest BCUT2D eigenvalue weighted by Gasteiger charge is 2.55. The Morgan fingerprint density at radius 3 is 1.64 bits per heavy atom. The molecule has 2 saturated carbocycles. The van der Waals surface area contributed by atoms with Gasteiger partial charge in [0.05, 0.1) is 13.5 Å². The van der Waals surface area contributed by atoms with Gasteiger partial charge in [-0.3, -0.25) is 8.80 Å². The Kier molecular flexibility index (Phi) is 13.9. The Labute approximate surface area is 421 Å². The number of carbonyl (C=O) groups is 2. The van der Waals surface area contributed by atoms with Crippen molar-refractivity contribution < 1.29 is 19.1 Å². The minimum atomic E-state index is -0.518. The minimum Gasteiger partial charge on any atom is -0.444 e. The molecule has 67 heavy (non-hydrogen) atoms. The molecule has 9 rings (SSSR count).